The van der Waals surface area contributed by atoms with Gasteiger partial charge in [-0.05, 0) is 50.4 Å². The van der Waals surface area contributed by atoms with Crippen LogP contribution in [-0.2, 0) is 6.67 Å². The lowest BCUT2D eigenvalue weighted by molar-refractivity contribution is 0.210. The number of likely N-dealkylation sites (tertiary alicyclic amines) is 1. The molecule has 1 aliphatic rings. The summed E-state index contributed by atoms with van der Waals surface area (Å²) < 4.78 is 1.60. The van der Waals surface area contributed by atoms with E-state index in [0.717, 1.165) is 24.3 Å². The highest BCUT2D eigenvalue weighted by Gasteiger charge is 2.11. The molecule has 0 saturated carbocycles. The smallest absolute Gasteiger partial charge is 0.268 e. The van der Waals surface area contributed by atoms with Crippen molar-refractivity contribution >= 4 is 11.8 Å². The minimum Gasteiger partial charge on any atom is -0.284 e. The zero-order valence-corrected chi connectivity index (χ0v) is 14.4. The Hall–Kier alpha value is -1.59. The molecule has 2 aromatic rings. The Morgan fingerprint density at radius 1 is 1.00 bits per heavy atom. The lowest BCUT2D eigenvalue weighted by Crippen LogP contribution is -2.34. The average molecular weight is 329 g/mol. The molecule has 0 bridgehead atoms. The van der Waals surface area contributed by atoms with E-state index in [4.69, 9.17) is 0 Å². The summed E-state index contributed by atoms with van der Waals surface area (Å²) in [6.07, 6.45) is 7.07. The van der Waals surface area contributed by atoms with Crippen LogP contribution in [0.2, 0.25) is 0 Å². The van der Waals surface area contributed by atoms with Gasteiger partial charge in [0.25, 0.3) is 5.56 Å². The second-order valence-corrected chi connectivity index (χ2v) is 6.84. The first kappa shape index (κ1) is 16.3. The fraction of sp³-hybridized carbons (Fsp3) is 0.444. The van der Waals surface area contributed by atoms with Crippen molar-refractivity contribution in [3.8, 4) is 11.3 Å². The second kappa shape index (κ2) is 7.79. The third-order valence-corrected chi connectivity index (χ3v) is 5.03. The predicted molar refractivity (Wildman–Crippen MR) is 95.8 cm³/mol. The van der Waals surface area contributed by atoms with E-state index in [1.165, 1.54) is 30.6 Å². The number of aromatic nitrogens is 2. The van der Waals surface area contributed by atoms with E-state index in [1.807, 2.05) is 6.07 Å². The highest BCUT2D eigenvalue weighted by atomic mass is 32.2. The minimum absolute atomic E-state index is 0.0290. The molecule has 0 amide bonds. The molecule has 122 valence electrons. The van der Waals surface area contributed by atoms with Crippen LogP contribution in [0.4, 0.5) is 0 Å². The largest absolute Gasteiger partial charge is 0.284 e. The van der Waals surface area contributed by atoms with Gasteiger partial charge in [0.2, 0.25) is 0 Å². The van der Waals surface area contributed by atoms with Gasteiger partial charge in [-0.15, -0.1) is 11.8 Å². The zero-order valence-electron chi connectivity index (χ0n) is 13.6. The van der Waals surface area contributed by atoms with Gasteiger partial charge in [0.15, 0.2) is 0 Å². The van der Waals surface area contributed by atoms with Gasteiger partial charge in [0.1, 0.15) is 0 Å². The third kappa shape index (κ3) is 4.24. The van der Waals surface area contributed by atoms with Crippen molar-refractivity contribution < 1.29 is 0 Å². The molecule has 0 N–H and O–H groups in total. The lowest BCUT2D eigenvalue weighted by Gasteiger charge is -2.20. The lowest BCUT2D eigenvalue weighted by atomic mass is 10.1. The molecule has 1 saturated heterocycles. The maximum Gasteiger partial charge on any atom is 0.268 e. The van der Waals surface area contributed by atoms with E-state index >= 15 is 0 Å². The molecule has 5 heteroatoms. The monoisotopic (exact) mass is 329 g/mol. The first-order valence-corrected chi connectivity index (χ1v) is 9.44. The van der Waals surface area contributed by atoms with E-state index in [0.29, 0.717) is 6.67 Å². The van der Waals surface area contributed by atoms with Crippen LogP contribution in [0.3, 0.4) is 0 Å². The van der Waals surface area contributed by atoms with E-state index in [-0.39, 0.29) is 5.56 Å². The minimum atomic E-state index is -0.0290. The van der Waals surface area contributed by atoms with Crippen LogP contribution in [-0.4, -0.2) is 34.0 Å². The Kier molecular flexibility index (Phi) is 5.51. The molecular formula is C18H23N3OS. The van der Waals surface area contributed by atoms with Crippen LogP contribution in [0.15, 0.2) is 46.1 Å². The first-order valence-electron chi connectivity index (χ1n) is 8.21. The van der Waals surface area contributed by atoms with E-state index < -0.39 is 0 Å². The van der Waals surface area contributed by atoms with Crippen LogP contribution >= 0.6 is 11.8 Å². The molecule has 1 aromatic heterocycles. The van der Waals surface area contributed by atoms with Gasteiger partial charge in [-0.25, -0.2) is 4.68 Å². The number of hydrogen-bond donors (Lipinski definition) is 0. The molecule has 0 radical (unpaired) electrons. The van der Waals surface area contributed by atoms with Gasteiger partial charge in [-0.3, -0.25) is 9.69 Å². The van der Waals surface area contributed by atoms with E-state index in [2.05, 4.69) is 40.5 Å². The van der Waals surface area contributed by atoms with Gasteiger partial charge >= 0.3 is 0 Å². The van der Waals surface area contributed by atoms with Crippen molar-refractivity contribution in [2.45, 2.75) is 37.2 Å². The summed E-state index contributed by atoms with van der Waals surface area (Å²) in [5.74, 6) is 0. The summed E-state index contributed by atoms with van der Waals surface area (Å²) >= 11 is 1.72. The van der Waals surface area contributed by atoms with E-state index in [1.54, 1.807) is 22.5 Å². The molecule has 0 atom stereocenters. The first-order chi connectivity index (χ1) is 11.3. The fourth-order valence-corrected chi connectivity index (χ4v) is 3.34. The molecule has 23 heavy (non-hydrogen) atoms. The van der Waals surface area contributed by atoms with Crippen LogP contribution in [0.25, 0.3) is 11.3 Å². The summed E-state index contributed by atoms with van der Waals surface area (Å²) in [4.78, 5) is 15.7. The second-order valence-electron chi connectivity index (χ2n) is 5.96. The predicted octanol–water partition coefficient (Wildman–Crippen LogP) is 3.47. The Morgan fingerprint density at radius 3 is 2.35 bits per heavy atom. The SMILES string of the molecule is CSc1ccc(-c2ccc(=O)n(CN3CCCCCC3)n2)cc1. The Morgan fingerprint density at radius 2 is 1.70 bits per heavy atom. The molecule has 0 spiro atoms. The zero-order chi connectivity index (χ0) is 16.1. The van der Waals surface area contributed by atoms with Crippen LogP contribution < -0.4 is 5.56 Å². The van der Waals surface area contributed by atoms with Crippen molar-refractivity contribution in [3.63, 3.8) is 0 Å². The maximum atomic E-state index is 12.1. The number of thioether (sulfide) groups is 1. The van der Waals surface area contributed by atoms with Crippen molar-refractivity contribution in [1.29, 1.82) is 0 Å². The van der Waals surface area contributed by atoms with Gasteiger partial charge in [0, 0.05) is 16.5 Å². The van der Waals surface area contributed by atoms with Crippen molar-refractivity contribution in [1.82, 2.24) is 14.7 Å². The van der Waals surface area contributed by atoms with Crippen LogP contribution in [0.1, 0.15) is 25.7 Å². The van der Waals surface area contributed by atoms with Crippen molar-refractivity contribution in [2.24, 2.45) is 0 Å². The highest BCUT2D eigenvalue weighted by Crippen LogP contribution is 2.20. The van der Waals surface area contributed by atoms with Crippen molar-refractivity contribution in [2.75, 3.05) is 19.3 Å². The molecule has 1 aromatic carbocycles. The molecule has 0 aliphatic carbocycles. The topological polar surface area (TPSA) is 38.1 Å². The summed E-state index contributed by atoms with van der Waals surface area (Å²) in [7, 11) is 0. The molecule has 1 fully saturated rings. The molecule has 1 aliphatic heterocycles. The molecule has 0 unspecified atom stereocenters. The fourth-order valence-electron chi connectivity index (χ4n) is 2.93. The number of hydrogen-bond acceptors (Lipinski definition) is 4. The summed E-state index contributed by atoms with van der Waals surface area (Å²) in [5, 5.41) is 4.58. The number of nitrogens with zero attached hydrogens (tertiary/aromatic N) is 3. The van der Waals surface area contributed by atoms with E-state index in [9.17, 15) is 4.79 Å². The summed E-state index contributed by atoms with van der Waals surface area (Å²) in [6.45, 7) is 2.71. The Labute approximate surface area is 141 Å². The van der Waals surface area contributed by atoms with Gasteiger partial charge in [-0.1, -0.05) is 25.0 Å². The maximum absolute atomic E-state index is 12.1. The summed E-state index contributed by atoms with van der Waals surface area (Å²) in [6, 6.07) is 11.7. The molecule has 4 nitrogen and oxygen atoms in total. The van der Waals surface area contributed by atoms with Gasteiger partial charge in [0.05, 0.1) is 12.4 Å². The van der Waals surface area contributed by atoms with Crippen molar-refractivity contribution in [3.05, 3.63) is 46.8 Å². The van der Waals surface area contributed by atoms with Crippen LogP contribution in [0.5, 0.6) is 0 Å². The number of rotatable bonds is 4. The van der Waals surface area contributed by atoms with Gasteiger partial charge in [-0.2, -0.15) is 5.10 Å². The van der Waals surface area contributed by atoms with Crippen LogP contribution in [0, 0.1) is 0 Å². The summed E-state index contributed by atoms with van der Waals surface area (Å²) in [5.41, 5.74) is 1.87. The highest BCUT2D eigenvalue weighted by molar-refractivity contribution is 7.98. The standard InChI is InChI=1S/C18H23N3OS/c1-23-16-8-6-15(7-9-16)17-10-11-18(22)21(19-17)14-20-12-4-2-3-5-13-20/h6-11H,2-5,12-14H2,1H3. The normalized spacial score (nSPS) is 16.2. The molecule has 2 heterocycles. The number of benzene rings is 1. The van der Waals surface area contributed by atoms with Gasteiger partial charge < -0.3 is 0 Å². The third-order valence-electron chi connectivity index (χ3n) is 4.29. The Bertz CT molecular complexity index is 688. The quantitative estimate of drug-likeness (QED) is 0.805. The molecular weight excluding hydrogens is 306 g/mol. The average Bonchev–Trinajstić information content (AvgIpc) is 2.86. The molecule has 3 rings (SSSR count). The Balaban J connectivity index is 1.81.